The second-order valence-electron chi connectivity index (χ2n) is 6.30. The van der Waals surface area contributed by atoms with Crippen molar-refractivity contribution in [2.45, 2.75) is 24.4 Å². The zero-order valence-corrected chi connectivity index (χ0v) is 12.0. The van der Waals surface area contributed by atoms with Crippen LogP contribution in [0.4, 0.5) is 0 Å². The first-order chi connectivity index (χ1) is 9.16. The van der Waals surface area contributed by atoms with E-state index in [-0.39, 0.29) is 0 Å². The Labute approximate surface area is 116 Å². The van der Waals surface area contributed by atoms with E-state index in [1.165, 1.54) is 12.0 Å². The van der Waals surface area contributed by atoms with Crippen LogP contribution < -0.4 is 5.73 Å². The Hall–Kier alpha value is -0.900. The first-order valence-corrected chi connectivity index (χ1v) is 7.36. The maximum atomic E-state index is 6.57. The van der Waals surface area contributed by atoms with Crippen LogP contribution in [-0.4, -0.2) is 55.6 Å². The SMILES string of the molecule is CN1CCN(C)C(C(N)C2CC2c2ccccc2)C1. The maximum absolute atomic E-state index is 6.57. The van der Waals surface area contributed by atoms with Crippen LogP contribution in [0.3, 0.4) is 0 Å². The Bertz CT molecular complexity index is 419. The van der Waals surface area contributed by atoms with Gasteiger partial charge >= 0.3 is 0 Å². The first kappa shape index (κ1) is 13.1. The number of nitrogens with two attached hydrogens (primary N) is 1. The van der Waals surface area contributed by atoms with Crippen molar-refractivity contribution in [3.63, 3.8) is 0 Å². The molecule has 0 spiro atoms. The molecule has 1 heterocycles. The molecule has 0 radical (unpaired) electrons. The highest BCUT2D eigenvalue weighted by atomic mass is 15.3. The molecule has 2 fully saturated rings. The fraction of sp³-hybridized carbons (Fsp3) is 0.625. The number of nitrogens with zero attached hydrogens (tertiary/aromatic N) is 2. The van der Waals surface area contributed by atoms with E-state index in [0.29, 0.717) is 23.9 Å². The van der Waals surface area contributed by atoms with E-state index in [1.54, 1.807) is 0 Å². The van der Waals surface area contributed by atoms with Gasteiger partial charge in [-0.1, -0.05) is 30.3 Å². The molecule has 2 N–H and O–H groups in total. The second-order valence-corrected chi connectivity index (χ2v) is 6.30. The Balaban J connectivity index is 1.64. The fourth-order valence-electron chi connectivity index (χ4n) is 3.47. The number of likely N-dealkylation sites (N-methyl/N-ethyl adjacent to an activating group) is 2. The molecule has 0 bridgehead atoms. The largest absolute Gasteiger partial charge is 0.326 e. The van der Waals surface area contributed by atoms with Crippen LogP contribution in [-0.2, 0) is 0 Å². The van der Waals surface area contributed by atoms with Crippen LogP contribution in [0.15, 0.2) is 30.3 Å². The fourth-order valence-corrected chi connectivity index (χ4v) is 3.47. The quantitative estimate of drug-likeness (QED) is 0.890. The molecule has 3 nitrogen and oxygen atoms in total. The second kappa shape index (κ2) is 5.23. The third kappa shape index (κ3) is 2.69. The van der Waals surface area contributed by atoms with Crippen molar-refractivity contribution in [3.8, 4) is 0 Å². The zero-order chi connectivity index (χ0) is 13.4. The van der Waals surface area contributed by atoms with E-state index < -0.39 is 0 Å². The number of hydrogen-bond acceptors (Lipinski definition) is 3. The summed E-state index contributed by atoms with van der Waals surface area (Å²) < 4.78 is 0. The molecule has 1 saturated heterocycles. The van der Waals surface area contributed by atoms with Gasteiger partial charge in [0.2, 0.25) is 0 Å². The van der Waals surface area contributed by atoms with Crippen molar-refractivity contribution in [3.05, 3.63) is 35.9 Å². The molecule has 19 heavy (non-hydrogen) atoms. The minimum atomic E-state index is 0.304. The summed E-state index contributed by atoms with van der Waals surface area (Å²) in [6.45, 7) is 3.40. The van der Waals surface area contributed by atoms with Gasteiger partial charge in [-0.25, -0.2) is 0 Å². The molecule has 3 heteroatoms. The molecular formula is C16H25N3. The highest BCUT2D eigenvalue weighted by Gasteiger charge is 2.46. The summed E-state index contributed by atoms with van der Waals surface area (Å²) in [7, 11) is 4.42. The van der Waals surface area contributed by atoms with Crippen molar-refractivity contribution < 1.29 is 0 Å². The third-order valence-electron chi connectivity index (χ3n) is 4.91. The summed E-state index contributed by atoms with van der Waals surface area (Å²) in [6.07, 6.45) is 1.26. The predicted molar refractivity (Wildman–Crippen MR) is 79.2 cm³/mol. The Morgan fingerprint density at radius 2 is 1.89 bits per heavy atom. The van der Waals surface area contributed by atoms with E-state index in [9.17, 15) is 0 Å². The lowest BCUT2D eigenvalue weighted by Gasteiger charge is -2.41. The van der Waals surface area contributed by atoms with Gasteiger partial charge in [0.05, 0.1) is 0 Å². The van der Waals surface area contributed by atoms with E-state index >= 15 is 0 Å². The summed E-state index contributed by atoms with van der Waals surface area (Å²) in [5.41, 5.74) is 8.03. The van der Waals surface area contributed by atoms with Crippen LogP contribution in [0, 0.1) is 5.92 Å². The van der Waals surface area contributed by atoms with Crippen molar-refractivity contribution in [2.24, 2.45) is 11.7 Å². The van der Waals surface area contributed by atoms with E-state index in [1.807, 2.05) is 0 Å². The van der Waals surface area contributed by atoms with Crippen molar-refractivity contribution in [1.29, 1.82) is 0 Å². The minimum Gasteiger partial charge on any atom is -0.326 e. The molecular weight excluding hydrogens is 234 g/mol. The van der Waals surface area contributed by atoms with Gasteiger partial charge in [-0.05, 0) is 37.9 Å². The van der Waals surface area contributed by atoms with Crippen LogP contribution >= 0.6 is 0 Å². The summed E-state index contributed by atoms with van der Waals surface area (Å²) in [5.74, 6) is 1.36. The minimum absolute atomic E-state index is 0.304. The molecule has 1 saturated carbocycles. The average molecular weight is 259 g/mol. The molecule has 1 aromatic rings. The van der Waals surface area contributed by atoms with Gasteiger partial charge in [0.1, 0.15) is 0 Å². The van der Waals surface area contributed by atoms with Crippen LogP contribution in [0.1, 0.15) is 17.9 Å². The maximum Gasteiger partial charge on any atom is 0.0374 e. The van der Waals surface area contributed by atoms with Gasteiger partial charge in [0.25, 0.3) is 0 Å². The van der Waals surface area contributed by atoms with Gasteiger partial charge in [-0.15, -0.1) is 0 Å². The van der Waals surface area contributed by atoms with Gasteiger partial charge in [0.15, 0.2) is 0 Å². The van der Waals surface area contributed by atoms with Gasteiger partial charge < -0.3 is 10.6 Å². The molecule has 4 unspecified atom stereocenters. The topological polar surface area (TPSA) is 32.5 Å². The summed E-state index contributed by atoms with van der Waals surface area (Å²) in [4.78, 5) is 4.86. The standard InChI is InChI=1S/C16H25N3/c1-18-8-9-19(2)15(11-18)16(17)14-10-13(14)12-6-4-3-5-7-12/h3-7,13-16H,8-11,17H2,1-2H3. The normalized spacial score (nSPS) is 34.2. The lowest BCUT2D eigenvalue weighted by molar-refractivity contribution is 0.0918. The molecule has 4 atom stereocenters. The average Bonchev–Trinajstić information content (AvgIpc) is 3.22. The molecule has 2 aliphatic rings. The molecule has 3 rings (SSSR count). The number of benzene rings is 1. The van der Waals surface area contributed by atoms with Crippen molar-refractivity contribution in [1.82, 2.24) is 9.80 Å². The van der Waals surface area contributed by atoms with Crippen molar-refractivity contribution in [2.75, 3.05) is 33.7 Å². The van der Waals surface area contributed by atoms with Gasteiger partial charge in [0, 0.05) is 31.7 Å². The summed E-state index contributed by atoms with van der Waals surface area (Å²) in [6, 6.07) is 11.7. The molecule has 1 aliphatic heterocycles. The number of hydrogen-bond donors (Lipinski definition) is 1. The molecule has 1 aromatic carbocycles. The summed E-state index contributed by atoms with van der Waals surface area (Å²) in [5, 5.41) is 0. The van der Waals surface area contributed by atoms with Crippen LogP contribution in [0.2, 0.25) is 0 Å². The van der Waals surface area contributed by atoms with Crippen LogP contribution in [0.5, 0.6) is 0 Å². The van der Waals surface area contributed by atoms with Gasteiger partial charge in [-0.2, -0.15) is 0 Å². The smallest absolute Gasteiger partial charge is 0.0374 e. The molecule has 104 valence electrons. The Morgan fingerprint density at radius 1 is 1.16 bits per heavy atom. The highest BCUT2D eigenvalue weighted by molar-refractivity contribution is 5.27. The van der Waals surface area contributed by atoms with E-state index in [4.69, 9.17) is 5.73 Å². The van der Waals surface area contributed by atoms with Crippen molar-refractivity contribution >= 4 is 0 Å². The Kier molecular flexibility index (Phi) is 3.61. The monoisotopic (exact) mass is 259 g/mol. The zero-order valence-electron chi connectivity index (χ0n) is 12.0. The molecule has 1 aliphatic carbocycles. The van der Waals surface area contributed by atoms with Crippen LogP contribution in [0.25, 0.3) is 0 Å². The lowest BCUT2D eigenvalue weighted by atomic mass is 9.97. The number of piperazine rings is 1. The summed E-state index contributed by atoms with van der Waals surface area (Å²) >= 11 is 0. The number of rotatable bonds is 3. The first-order valence-electron chi connectivity index (χ1n) is 7.36. The molecule has 0 amide bonds. The van der Waals surface area contributed by atoms with E-state index in [0.717, 1.165) is 19.6 Å². The van der Waals surface area contributed by atoms with Gasteiger partial charge in [-0.3, -0.25) is 4.90 Å². The van der Waals surface area contributed by atoms with E-state index in [2.05, 4.69) is 54.2 Å². The Morgan fingerprint density at radius 3 is 2.63 bits per heavy atom. The molecule has 0 aromatic heterocycles. The lowest BCUT2D eigenvalue weighted by Crippen LogP contribution is -2.58. The third-order valence-corrected chi connectivity index (χ3v) is 4.91. The predicted octanol–water partition coefficient (Wildman–Crippen LogP) is 1.36. The highest BCUT2D eigenvalue weighted by Crippen LogP contribution is 2.50.